The van der Waals surface area contributed by atoms with Crippen molar-refractivity contribution in [2.24, 2.45) is 0 Å². The zero-order valence-corrected chi connectivity index (χ0v) is 16.5. The second-order valence-corrected chi connectivity index (χ2v) is 7.64. The molecule has 1 aromatic carbocycles. The average Bonchev–Trinajstić information content (AvgIpc) is 3.20. The van der Waals surface area contributed by atoms with Crippen LogP contribution in [0.1, 0.15) is 50.0 Å². The molecule has 0 amide bonds. The molecule has 9 heteroatoms. The van der Waals surface area contributed by atoms with E-state index in [1.807, 2.05) is 18.2 Å². The number of hydrogen-bond acceptors (Lipinski definition) is 6. The van der Waals surface area contributed by atoms with Crippen LogP contribution in [0, 0.1) is 0 Å². The molecule has 0 atom stereocenters. The van der Waals surface area contributed by atoms with Crippen molar-refractivity contribution in [2.75, 3.05) is 5.32 Å². The Bertz CT molecular complexity index is 942. The fraction of sp³-hybridized carbons (Fsp3) is 0.368. The Hall–Kier alpha value is -2.42. The van der Waals surface area contributed by atoms with E-state index in [4.69, 9.17) is 4.42 Å². The fourth-order valence-corrected chi connectivity index (χ4v) is 4.29. The second kappa shape index (κ2) is 7.90. The van der Waals surface area contributed by atoms with E-state index in [-0.39, 0.29) is 11.4 Å². The van der Waals surface area contributed by atoms with E-state index in [0.717, 1.165) is 30.2 Å². The van der Waals surface area contributed by atoms with E-state index >= 15 is 0 Å². The molecule has 0 radical (unpaired) electrons. The minimum absolute atomic E-state index is 0.0277. The van der Waals surface area contributed by atoms with Gasteiger partial charge in [0.1, 0.15) is 0 Å². The van der Waals surface area contributed by atoms with E-state index in [0.29, 0.717) is 11.5 Å². The summed E-state index contributed by atoms with van der Waals surface area (Å²) in [7, 11) is 0. The number of anilines is 1. The molecule has 1 N–H and O–H groups in total. The third kappa shape index (κ3) is 3.76. The monoisotopic (exact) mass is 449 g/mol. The summed E-state index contributed by atoms with van der Waals surface area (Å²) in [5.41, 5.74) is 1.32. The van der Waals surface area contributed by atoms with E-state index in [2.05, 4.69) is 47.5 Å². The molecule has 4 rings (SSSR count). The van der Waals surface area contributed by atoms with Crippen molar-refractivity contribution in [3.8, 4) is 11.5 Å². The van der Waals surface area contributed by atoms with Gasteiger partial charge in [-0.05, 0) is 24.5 Å². The Balaban J connectivity index is 1.60. The summed E-state index contributed by atoms with van der Waals surface area (Å²) in [4.78, 5) is 8.70. The number of benzene rings is 1. The van der Waals surface area contributed by atoms with Crippen LogP contribution >= 0.6 is 15.9 Å². The maximum atomic E-state index is 12.6. The lowest BCUT2D eigenvalue weighted by Gasteiger charge is -2.39. The highest BCUT2D eigenvalue weighted by atomic mass is 79.9. The van der Waals surface area contributed by atoms with Crippen LogP contribution in [-0.2, 0) is 5.54 Å². The van der Waals surface area contributed by atoms with Crippen LogP contribution in [0.2, 0.25) is 0 Å². The Morgan fingerprint density at radius 1 is 1.04 bits per heavy atom. The van der Waals surface area contributed by atoms with Gasteiger partial charge in [0.25, 0.3) is 11.8 Å². The molecule has 2 aromatic heterocycles. The molecule has 1 fully saturated rings. The highest BCUT2D eigenvalue weighted by Gasteiger charge is 2.36. The molecule has 2 heterocycles. The van der Waals surface area contributed by atoms with Gasteiger partial charge in [-0.15, -0.1) is 10.2 Å². The van der Waals surface area contributed by atoms with Gasteiger partial charge in [0, 0.05) is 16.9 Å². The third-order valence-electron chi connectivity index (χ3n) is 4.97. The molecular weight excluding hydrogens is 432 g/mol. The van der Waals surface area contributed by atoms with Crippen molar-refractivity contribution >= 4 is 21.9 Å². The molecule has 0 unspecified atom stereocenters. The number of aromatic nitrogens is 4. The molecule has 1 aliphatic carbocycles. The van der Waals surface area contributed by atoms with Gasteiger partial charge in [0.05, 0.1) is 11.1 Å². The number of nitrogens with one attached hydrogen (secondary N) is 1. The molecule has 0 aliphatic heterocycles. The van der Waals surface area contributed by atoms with Gasteiger partial charge in [-0.3, -0.25) is 0 Å². The highest BCUT2D eigenvalue weighted by Crippen LogP contribution is 2.42. The van der Waals surface area contributed by atoms with Crippen molar-refractivity contribution in [3.05, 3.63) is 52.6 Å². The minimum atomic E-state index is -2.81. The molecular formula is C19H18BrF2N5O. The number of nitrogens with zero attached hydrogens (tertiary/aromatic N) is 4. The molecule has 28 heavy (non-hydrogen) atoms. The van der Waals surface area contributed by atoms with Crippen LogP contribution in [0.4, 0.5) is 14.7 Å². The number of alkyl halides is 2. The van der Waals surface area contributed by atoms with E-state index in [1.54, 1.807) is 0 Å². The maximum Gasteiger partial charge on any atom is 0.314 e. The van der Waals surface area contributed by atoms with Crippen LogP contribution in [0.25, 0.3) is 11.5 Å². The summed E-state index contributed by atoms with van der Waals surface area (Å²) in [6.07, 6.45) is 5.57. The normalized spacial score (nSPS) is 16.3. The molecule has 0 spiro atoms. The van der Waals surface area contributed by atoms with Crippen LogP contribution in [0.5, 0.6) is 0 Å². The van der Waals surface area contributed by atoms with Crippen LogP contribution in [-0.4, -0.2) is 20.2 Å². The molecule has 146 valence electrons. The van der Waals surface area contributed by atoms with Crippen molar-refractivity contribution in [1.82, 2.24) is 20.2 Å². The molecule has 6 nitrogen and oxygen atoms in total. The van der Waals surface area contributed by atoms with Gasteiger partial charge in [-0.2, -0.15) is 8.78 Å². The van der Waals surface area contributed by atoms with Crippen molar-refractivity contribution < 1.29 is 13.2 Å². The Morgan fingerprint density at radius 3 is 2.39 bits per heavy atom. The third-order valence-corrected chi connectivity index (χ3v) is 5.67. The fourth-order valence-electron chi connectivity index (χ4n) is 3.62. The predicted molar refractivity (Wildman–Crippen MR) is 103 cm³/mol. The van der Waals surface area contributed by atoms with Crippen molar-refractivity contribution in [3.63, 3.8) is 0 Å². The summed E-state index contributed by atoms with van der Waals surface area (Å²) in [5, 5.41) is 10.5. The number of hydrogen-bond donors (Lipinski definition) is 1. The molecule has 0 saturated heterocycles. The summed E-state index contributed by atoms with van der Waals surface area (Å²) >= 11 is 3.67. The minimum Gasteiger partial charge on any atom is -0.415 e. The lowest BCUT2D eigenvalue weighted by molar-refractivity contribution is 0.116. The second-order valence-electron chi connectivity index (χ2n) is 6.79. The largest absolute Gasteiger partial charge is 0.415 e. The zero-order chi connectivity index (χ0) is 19.6. The molecule has 1 aliphatic rings. The maximum absolute atomic E-state index is 12.6. The first kappa shape index (κ1) is 18.9. The van der Waals surface area contributed by atoms with E-state index < -0.39 is 12.3 Å². The predicted octanol–water partition coefficient (Wildman–Crippen LogP) is 5.50. The topological polar surface area (TPSA) is 76.7 Å². The molecule has 0 bridgehead atoms. The summed E-state index contributed by atoms with van der Waals surface area (Å²) < 4.78 is 31.2. The van der Waals surface area contributed by atoms with Crippen molar-refractivity contribution in [2.45, 2.75) is 44.1 Å². The lowest BCUT2D eigenvalue weighted by atomic mass is 9.76. The number of rotatable bonds is 5. The highest BCUT2D eigenvalue weighted by molar-refractivity contribution is 9.10. The van der Waals surface area contributed by atoms with Gasteiger partial charge in [0.2, 0.25) is 5.95 Å². The van der Waals surface area contributed by atoms with Crippen LogP contribution in [0.15, 0.2) is 45.5 Å². The molecule has 3 aromatic rings. The van der Waals surface area contributed by atoms with Gasteiger partial charge >= 0.3 is 6.43 Å². The zero-order valence-electron chi connectivity index (χ0n) is 14.9. The van der Waals surface area contributed by atoms with Crippen LogP contribution < -0.4 is 5.32 Å². The quantitative estimate of drug-likeness (QED) is 0.554. The molecule has 1 saturated carbocycles. The smallest absolute Gasteiger partial charge is 0.314 e. The van der Waals surface area contributed by atoms with Gasteiger partial charge in [-0.25, -0.2) is 9.97 Å². The Labute approximate surface area is 168 Å². The average molecular weight is 450 g/mol. The first-order valence-electron chi connectivity index (χ1n) is 9.04. The summed E-state index contributed by atoms with van der Waals surface area (Å²) in [6, 6.07) is 8.17. The lowest BCUT2D eigenvalue weighted by Crippen LogP contribution is -2.38. The summed E-state index contributed by atoms with van der Waals surface area (Å²) in [5.74, 6) is -0.276. The van der Waals surface area contributed by atoms with Crippen LogP contribution in [0.3, 0.4) is 0 Å². The van der Waals surface area contributed by atoms with Gasteiger partial charge < -0.3 is 9.73 Å². The first-order valence-corrected chi connectivity index (χ1v) is 9.84. The van der Waals surface area contributed by atoms with Crippen molar-refractivity contribution in [1.29, 1.82) is 0 Å². The summed E-state index contributed by atoms with van der Waals surface area (Å²) in [6.45, 7) is 0. The number of halogens is 3. The van der Waals surface area contributed by atoms with Gasteiger partial charge in [0.15, 0.2) is 0 Å². The van der Waals surface area contributed by atoms with E-state index in [9.17, 15) is 8.78 Å². The van der Waals surface area contributed by atoms with E-state index in [1.165, 1.54) is 24.4 Å². The van der Waals surface area contributed by atoms with Gasteiger partial charge in [-0.1, -0.05) is 53.4 Å². The SMILES string of the molecule is FC(F)c1nnc(-c2cnc(NC3(c4ccccc4Br)CCCCC3)nc2)o1. The Morgan fingerprint density at radius 2 is 1.75 bits per heavy atom. The first-order chi connectivity index (χ1) is 13.6. The Kier molecular flexibility index (Phi) is 5.34. The standard InChI is InChI=1S/C19H18BrF2N5O/c20-14-7-3-2-6-13(14)19(8-4-1-5-9-19)25-18-23-10-12(11-24-18)16-26-27-17(28-16)15(21)22/h2-3,6-7,10-11,15H,1,4-5,8-9H2,(H,23,24,25).